The minimum Gasteiger partial charge on any atom is -0.451 e. The van der Waals surface area contributed by atoms with Crippen molar-refractivity contribution >= 4 is 21.7 Å². The van der Waals surface area contributed by atoms with E-state index in [1.54, 1.807) is 29.2 Å². The second-order valence-electron chi connectivity index (χ2n) is 11.6. The van der Waals surface area contributed by atoms with Crippen molar-refractivity contribution in [2.45, 2.75) is 74.7 Å². The van der Waals surface area contributed by atoms with E-state index >= 15 is 0 Å². The molecular formula is C30H37NO6S. The van der Waals surface area contributed by atoms with Gasteiger partial charge in [0, 0.05) is 31.7 Å². The van der Waals surface area contributed by atoms with Crippen molar-refractivity contribution < 1.29 is 27.5 Å². The summed E-state index contributed by atoms with van der Waals surface area (Å²) in [5, 5.41) is -0.286. The van der Waals surface area contributed by atoms with Gasteiger partial charge in [0.2, 0.25) is 0 Å². The third kappa shape index (κ3) is 5.81. The van der Waals surface area contributed by atoms with Crippen molar-refractivity contribution in [1.82, 2.24) is 4.90 Å². The number of carbonyl (C=O) groups is 2. The van der Waals surface area contributed by atoms with Gasteiger partial charge in [0.25, 0.3) is 5.91 Å². The normalized spacial score (nSPS) is 22.8. The molecule has 2 aliphatic heterocycles. The lowest BCUT2D eigenvalue weighted by atomic mass is 9.84. The highest BCUT2D eigenvalue weighted by atomic mass is 32.2. The van der Waals surface area contributed by atoms with E-state index in [0.717, 1.165) is 24.0 Å². The molecule has 2 atom stereocenters. The van der Waals surface area contributed by atoms with Crippen LogP contribution < -0.4 is 0 Å². The number of amides is 1. The number of sulfone groups is 1. The van der Waals surface area contributed by atoms with Crippen LogP contribution in [0.25, 0.3) is 0 Å². The number of nitrogens with zero attached hydrogens (tertiary/aromatic N) is 1. The lowest BCUT2D eigenvalue weighted by Crippen LogP contribution is -2.37. The first kappa shape index (κ1) is 26.9. The fourth-order valence-corrected chi connectivity index (χ4v) is 7.30. The van der Waals surface area contributed by atoms with Crippen molar-refractivity contribution in [2.75, 3.05) is 19.8 Å². The van der Waals surface area contributed by atoms with E-state index < -0.39 is 33.2 Å². The Hall–Kier alpha value is -2.71. The monoisotopic (exact) mass is 539 g/mol. The highest BCUT2D eigenvalue weighted by Gasteiger charge is 2.49. The van der Waals surface area contributed by atoms with Crippen molar-refractivity contribution in [3.8, 4) is 0 Å². The van der Waals surface area contributed by atoms with Gasteiger partial charge in [-0.2, -0.15) is 0 Å². The largest absolute Gasteiger partial charge is 0.451 e. The van der Waals surface area contributed by atoms with Crippen LogP contribution in [0.1, 0.15) is 63.0 Å². The molecule has 1 saturated carbocycles. The van der Waals surface area contributed by atoms with Crippen molar-refractivity contribution in [3.63, 3.8) is 0 Å². The second kappa shape index (κ2) is 10.8. The Bertz CT molecular complexity index is 1250. The van der Waals surface area contributed by atoms with Crippen LogP contribution in [0.3, 0.4) is 0 Å². The summed E-state index contributed by atoms with van der Waals surface area (Å²) in [5.41, 5.74) is 1.22. The Kier molecular flexibility index (Phi) is 7.65. The fourth-order valence-electron chi connectivity index (χ4n) is 5.64. The van der Waals surface area contributed by atoms with Gasteiger partial charge >= 0.3 is 5.97 Å². The Morgan fingerprint density at radius 2 is 1.68 bits per heavy atom. The van der Waals surface area contributed by atoms with Gasteiger partial charge in [-0.05, 0) is 61.3 Å². The molecule has 2 aromatic carbocycles. The zero-order valence-electron chi connectivity index (χ0n) is 22.2. The van der Waals surface area contributed by atoms with E-state index in [0.29, 0.717) is 50.5 Å². The summed E-state index contributed by atoms with van der Waals surface area (Å²) in [5.74, 6) is -0.897. The first-order chi connectivity index (χ1) is 18.1. The molecule has 0 bridgehead atoms. The number of esters is 1. The molecule has 0 spiro atoms. The topological polar surface area (TPSA) is 90.0 Å². The van der Waals surface area contributed by atoms with E-state index in [9.17, 15) is 18.0 Å². The van der Waals surface area contributed by atoms with Gasteiger partial charge < -0.3 is 14.4 Å². The number of benzene rings is 2. The minimum atomic E-state index is -3.31. The molecule has 3 aliphatic rings. The molecule has 204 valence electrons. The predicted octanol–water partition coefficient (Wildman–Crippen LogP) is 4.50. The van der Waals surface area contributed by atoms with Gasteiger partial charge in [-0.3, -0.25) is 9.59 Å². The Morgan fingerprint density at radius 1 is 1.03 bits per heavy atom. The van der Waals surface area contributed by atoms with E-state index in [2.05, 4.69) is 0 Å². The first-order valence-corrected chi connectivity index (χ1v) is 15.1. The molecule has 2 saturated heterocycles. The molecule has 2 aromatic rings. The van der Waals surface area contributed by atoms with E-state index in [1.807, 2.05) is 44.2 Å². The molecule has 0 aromatic heterocycles. The number of hydrogen-bond acceptors (Lipinski definition) is 6. The summed E-state index contributed by atoms with van der Waals surface area (Å²) in [6.45, 7) is 6.20. The van der Waals surface area contributed by atoms with Gasteiger partial charge in [0.05, 0.1) is 16.1 Å². The Morgan fingerprint density at radius 3 is 2.32 bits per heavy atom. The Balaban J connectivity index is 1.35. The molecule has 8 heteroatoms. The van der Waals surface area contributed by atoms with Crippen LogP contribution in [-0.2, 0) is 35.4 Å². The average Bonchev–Trinajstić information content (AvgIpc) is 3.74. The maximum absolute atomic E-state index is 13.7. The molecule has 0 unspecified atom stereocenters. The van der Waals surface area contributed by atoms with Crippen LogP contribution in [0.15, 0.2) is 59.5 Å². The van der Waals surface area contributed by atoms with Gasteiger partial charge in [-0.15, -0.1) is 0 Å². The van der Waals surface area contributed by atoms with E-state index in [-0.39, 0.29) is 17.1 Å². The van der Waals surface area contributed by atoms with Crippen molar-refractivity contribution in [2.24, 2.45) is 11.3 Å². The molecule has 1 amide bonds. The summed E-state index contributed by atoms with van der Waals surface area (Å²) in [4.78, 5) is 29.2. The number of likely N-dealkylation sites (tertiary alicyclic amines) is 1. The van der Waals surface area contributed by atoms with Gasteiger partial charge in [-0.25, -0.2) is 8.42 Å². The summed E-state index contributed by atoms with van der Waals surface area (Å²) < 4.78 is 36.9. The summed E-state index contributed by atoms with van der Waals surface area (Å²) in [6.07, 6.45) is 2.83. The smallest absolute Gasteiger partial charge is 0.314 e. The zero-order chi connectivity index (χ0) is 26.9. The van der Waals surface area contributed by atoms with Crippen LogP contribution in [0.5, 0.6) is 0 Å². The third-order valence-electron chi connectivity index (χ3n) is 8.06. The molecule has 0 radical (unpaired) electrons. The fraction of sp³-hybridized carbons (Fsp3) is 0.533. The summed E-state index contributed by atoms with van der Waals surface area (Å²) in [6, 6.07) is 16.5. The summed E-state index contributed by atoms with van der Waals surface area (Å²) >= 11 is 0. The molecule has 7 nitrogen and oxygen atoms in total. The number of hydrogen-bond donors (Lipinski definition) is 0. The highest BCUT2D eigenvalue weighted by Crippen LogP contribution is 2.38. The SMILES string of the molecule is CC1(C)CN(Cc2ccccc2)C(=O)[C@@H]1OC(=O)[C@H](CC1CCOCC1)c1ccc(S(=O)(=O)C2CC2)cc1. The molecule has 5 rings (SSSR count). The molecule has 0 N–H and O–H groups in total. The molecule has 1 aliphatic carbocycles. The van der Waals surface area contributed by atoms with Crippen LogP contribution in [0.4, 0.5) is 0 Å². The third-order valence-corrected chi connectivity index (χ3v) is 10.3. The van der Waals surface area contributed by atoms with Crippen molar-refractivity contribution in [1.29, 1.82) is 0 Å². The van der Waals surface area contributed by atoms with Crippen molar-refractivity contribution in [3.05, 3.63) is 65.7 Å². The number of ether oxygens (including phenoxy) is 2. The molecule has 38 heavy (non-hydrogen) atoms. The maximum atomic E-state index is 13.7. The van der Waals surface area contributed by atoms with Crippen LogP contribution in [0, 0.1) is 11.3 Å². The van der Waals surface area contributed by atoms with Crippen LogP contribution in [-0.4, -0.2) is 56.3 Å². The average molecular weight is 540 g/mol. The first-order valence-electron chi connectivity index (χ1n) is 13.6. The lowest BCUT2D eigenvalue weighted by Gasteiger charge is -2.29. The Labute approximate surface area is 225 Å². The van der Waals surface area contributed by atoms with Gasteiger partial charge in [-0.1, -0.05) is 56.3 Å². The maximum Gasteiger partial charge on any atom is 0.314 e. The minimum absolute atomic E-state index is 0.178. The van der Waals surface area contributed by atoms with Gasteiger partial charge in [0.1, 0.15) is 0 Å². The predicted molar refractivity (Wildman–Crippen MR) is 143 cm³/mol. The quantitative estimate of drug-likeness (QED) is 0.436. The highest BCUT2D eigenvalue weighted by molar-refractivity contribution is 7.92. The standard InChI is InChI=1S/C30H37NO6S/c1-30(2)20-31(19-22-6-4-3-5-7-22)28(32)27(30)37-29(33)26(18-21-14-16-36-17-15-21)23-8-10-24(11-9-23)38(34,35)25-12-13-25/h3-11,21,25-27H,12-20H2,1-2H3/t26-,27+/m1/s1. The number of rotatable bonds is 9. The van der Waals surface area contributed by atoms with E-state index in [1.165, 1.54) is 0 Å². The van der Waals surface area contributed by atoms with Crippen LogP contribution in [0.2, 0.25) is 0 Å². The van der Waals surface area contributed by atoms with Gasteiger partial charge in [0.15, 0.2) is 15.9 Å². The van der Waals surface area contributed by atoms with E-state index in [4.69, 9.17) is 9.47 Å². The second-order valence-corrected chi connectivity index (χ2v) is 13.9. The number of carbonyl (C=O) groups excluding carboxylic acids is 2. The zero-order valence-corrected chi connectivity index (χ0v) is 23.0. The lowest BCUT2D eigenvalue weighted by molar-refractivity contribution is -0.162. The molecule has 2 heterocycles. The summed E-state index contributed by atoms with van der Waals surface area (Å²) in [7, 11) is -3.31. The molecular weight excluding hydrogens is 502 g/mol. The molecule has 3 fully saturated rings. The van der Waals surface area contributed by atoms with Crippen LogP contribution >= 0.6 is 0 Å².